The predicted octanol–water partition coefficient (Wildman–Crippen LogP) is 1.77. The number of carbonyl (C=O) groups excluding carboxylic acids is 2. The van der Waals surface area contributed by atoms with Crippen molar-refractivity contribution in [3.63, 3.8) is 0 Å². The van der Waals surface area contributed by atoms with E-state index in [-0.39, 0.29) is 30.5 Å². The molecule has 2 amide bonds. The summed E-state index contributed by atoms with van der Waals surface area (Å²) in [7, 11) is 0. The molecule has 148 valence electrons. The van der Waals surface area contributed by atoms with Crippen LogP contribution in [0.25, 0.3) is 10.9 Å². The van der Waals surface area contributed by atoms with Gasteiger partial charge in [-0.1, -0.05) is 29.5 Å². The van der Waals surface area contributed by atoms with Gasteiger partial charge in [-0.05, 0) is 29.8 Å². The molecule has 1 fully saturated rings. The highest BCUT2D eigenvalue weighted by molar-refractivity contribution is 5.90. The van der Waals surface area contributed by atoms with Gasteiger partial charge >= 0.3 is 6.09 Å². The number of amides is 2. The van der Waals surface area contributed by atoms with Crippen molar-refractivity contribution in [3.05, 3.63) is 64.4 Å². The molecule has 0 unspecified atom stereocenters. The van der Waals surface area contributed by atoms with Crippen molar-refractivity contribution in [2.45, 2.75) is 19.5 Å². The minimum Gasteiger partial charge on any atom is -0.448 e. The molecule has 0 spiro atoms. The molecule has 1 aliphatic heterocycles. The number of nitrogens with zero attached hydrogens (tertiary/aromatic N) is 4. The lowest BCUT2D eigenvalue weighted by Crippen LogP contribution is -2.26. The number of nitrogens with one attached hydrogen (secondary N) is 1. The first-order chi connectivity index (χ1) is 14.1. The second kappa shape index (κ2) is 8.09. The van der Waals surface area contributed by atoms with Crippen molar-refractivity contribution < 1.29 is 14.3 Å². The van der Waals surface area contributed by atoms with Gasteiger partial charge in [0.2, 0.25) is 5.91 Å². The molecule has 4 rings (SSSR count). The van der Waals surface area contributed by atoms with Crippen molar-refractivity contribution in [2.75, 3.05) is 18.5 Å². The Labute approximate surface area is 165 Å². The highest BCUT2D eigenvalue weighted by Gasteiger charge is 2.21. The van der Waals surface area contributed by atoms with Crippen LogP contribution >= 0.6 is 0 Å². The highest BCUT2D eigenvalue weighted by atomic mass is 16.6. The first-order valence-corrected chi connectivity index (χ1v) is 9.23. The molecular formula is C20H19N5O4. The first kappa shape index (κ1) is 18.6. The summed E-state index contributed by atoms with van der Waals surface area (Å²) in [4.78, 5) is 37.9. The van der Waals surface area contributed by atoms with Crippen molar-refractivity contribution in [1.29, 1.82) is 0 Å². The van der Waals surface area contributed by atoms with E-state index >= 15 is 0 Å². The molecule has 1 aliphatic rings. The number of hydrogen-bond donors (Lipinski definition) is 1. The maximum absolute atomic E-state index is 12.4. The minimum absolute atomic E-state index is 0.0790. The number of cyclic esters (lactones) is 1. The van der Waals surface area contributed by atoms with Gasteiger partial charge in [0.25, 0.3) is 5.56 Å². The van der Waals surface area contributed by atoms with Crippen molar-refractivity contribution in [3.8, 4) is 0 Å². The van der Waals surface area contributed by atoms with Gasteiger partial charge in [0.15, 0.2) is 0 Å². The molecule has 1 aromatic heterocycles. The Balaban J connectivity index is 1.38. The van der Waals surface area contributed by atoms with E-state index in [4.69, 9.17) is 4.74 Å². The second-order valence-corrected chi connectivity index (χ2v) is 6.67. The third-order valence-electron chi connectivity index (χ3n) is 4.61. The molecule has 9 nitrogen and oxygen atoms in total. The smallest absolute Gasteiger partial charge is 0.410 e. The summed E-state index contributed by atoms with van der Waals surface area (Å²) in [5.74, 6) is -0.246. The lowest BCUT2D eigenvalue weighted by molar-refractivity contribution is -0.116. The fraction of sp³-hybridized carbons (Fsp3) is 0.250. The zero-order valence-corrected chi connectivity index (χ0v) is 15.6. The maximum atomic E-state index is 12.4. The first-order valence-electron chi connectivity index (χ1n) is 9.23. The van der Waals surface area contributed by atoms with Crippen LogP contribution < -0.4 is 10.9 Å². The van der Waals surface area contributed by atoms with Crippen LogP contribution in [0.4, 0.5) is 10.5 Å². The molecule has 0 radical (unpaired) electrons. The van der Waals surface area contributed by atoms with Crippen LogP contribution in [0.1, 0.15) is 12.0 Å². The van der Waals surface area contributed by atoms with Gasteiger partial charge < -0.3 is 15.0 Å². The van der Waals surface area contributed by atoms with E-state index in [1.807, 2.05) is 18.2 Å². The van der Waals surface area contributed by atoms with Gasteiger partial charge in [-0.15, -0.1) is 5.10 Å². The normalized spacial score (nSPS) is 13.5. The summed E-state index contributed by atoms with van der Waals surface area (Å²) >= 11 is 0. The lowest BCUT2D eigenvalue weighted by atomic mass is 10.2. The van der Waals surface area contributed by atoms with E-state index in [0.29, 0.717) is 36.3 Å². The highest BCUT2D eigenvalue weighted by Crippen LogP contribution is 2.15. The largest absolute Gasteiger partial charge is 0.448 e. The molecule has 2 heterocycles. The summed E-state index contributed by atoms with van der Waals surface area (Å²) in [5, 5.41) is 11.2. The van der Waals surface area contributed by atoms with Crippen LogP contribution in [0.5, 0.6) is 0 Å². The van der Waals surface area contributed by atoms with Gasteiger partial charge in [-0.3, -0.25) is 9.59 Å². The van der Waals surface area contributed by atoms with E-state index in [9.17, 15) is 14.4 Å². The third kappa shape index (κ3) is 4.23. The number of rotatable bonds is 6. The number of benzene rings is 2. The number of aromatic nitrogens is 3. The molecule has 1 saturated heterocycles. The van der Waals surface area contributed by atoms with E-state index in [1.54, 1.807) is 35.2 Å². The van der Waals surface area contributed by atoms with Crippen molar-refractivity contribution in [1.82, 2.24) is 19.9 Å². The second-order valence-electron chi connectivity index (χ2n) is 6.67. The minimum atomic E-state index is -0.332. The Bertz CT molecular complexity index is 1130. The van der Waals surface area contributed by atoms with Crippen LogP contribution in [-0.2, 0) is 22.6 Å². The van der Waals surface area contributed by atoms with E-state index in [2.05, 4.69) is 15.6 Å². The molecule has 0 bridgehead atoms. The molecular weight excluding hydrogens is 374 g/mol. The van der Waals surface area contributed by atoms with Crippen LogP contribution in [0, 0.1) is 0 Å². The van der Waals surface area contributed by atoms with E-state index in [1.165, 1.54) is 4.68 Å². The van der Waals surface area contributed by atoms with Gasteiger partial charge in [0.05, 0.1) is 18.5 Å². The molecule has 9 heteroatoms. The van der Waals surface area contributed by atoms with Crippen molar-refractivity contribution in [2.24, 2.45) is 0 Å². The number of carbonyl (C=O) groups is 2. The van der Waals surface area contributed by atoms with Gasteiger partial charge in [-0.25, -0.2) is 9.48 Å². The Kier molecular flexibility index (Phi) is 5.19. The Hall–Kier alpha value is -3.75. The Morgan fingerprint density at radius 3 is 2.83 bits per heavy atom. The van der Waals surface area contributed by atoms with Crippen LogP contribution in [0.2, 0.25) is 0 Å². The molecule has 0 aliphatic carbocycles. The average molecular weight is 393 g/mol. The van der Waals surface area contributed by atoms with E-state index in [0.717, 1.165) is 5.56 Å². The molecule has 2 aromatic carbocycles. The SMILES string of the molecule is O=C(CCn1nnc2ccccc2c1=O)Nc1cccc(CN2CCOC2=O)c1. The number of fused-ring (bicyclic) bond motifs is 1. The summed E-state index contributed by atoms with van der Waals surface area (Å²) < 4.78 is 6.11. The molecule has 0 saturated carbocycles. The van der Waals surface area contributed by atoms with Gasteiger partial charge in [0, 0.05) is 18.7 Å². The van der Waals surface area contributed by atoms with Crippen LogP contribution in [-0.4, -0.2) is 45.0 Å². The zero-order valence-electron chi connectivity index (χ0n) is 15.6. The van der Waals surface area contributed by atoms with Crippen LogP contribution in [0.15, 0.2) is 53.3 Å². The average Bonchev–Trinajstić information content (AvgIpc) is 3.12. The fourth-order valence-corrected chi connectivity index (χ4v) is 3.14. The predicted molar refractivity (Wildman–Crippen MR) is 105 cm³/mol. The summed E-state index contributed by atoms with van der Waals surface area (Å²) in [6.07, 6.45) is -0.253. The Morgan fingerprint density at radius 2 is 2.00 bits per heavy atom. The monoisotopic (exact) mass is 393 g/mol. The number of aryl methyl sites for hydroxylation is 1. The fourth-order valence-electron chi connectivity index (χ4n) is 3.14. The van der Waals surface area contributed by atoms with E-state index < -0.39 is 0 Å². The zero-order chi connectivity index (χ0) is 20.2. The van der Waals surface area contributed by atoms with Crippen LogP contribution in [0.3, 0.4) is 0 Å². The van der Waals surface area contributed by atoms with Crippen molar-refractivity contribution >= 4 is 28.6 Å². The summed E-state index contributed by atoms with van der Waals surface area (Å²) in [6, 6.07) is 14.2. The third-order valence-corrected chi connectivity index (χ3v) is 4.61. The number of hydrogen-bond acceptors (Lipinski definition) is 6. The van der Waals surface area contributed by atoms with Gasteiger partial charge in [0.1, 0.15) is 12.1 Å². The number of ether oxygens (including phenoxy) is 1. The Morgan fingerprint density at radius 1 is 1.14 bits per heavy atom. The number of anilines is 1. The molecule has 29 heavy (non-hydrogen) atoms. The summed E-state index contributed by atoms with van der Waals surface area (Å²) in [5.41, 5.74) is 1.76. The molecule has 1 N–H and O–H groups in total. The summed E-state index contributed by atoms with van der Waals surface area (Å²) in [6.45, 7) is 1.50. The van der Waals surface area contributed by atoms with Gasteiger partial charge in [-0.2, -0.15) is 0 Å². The molecule has 3 aromatic rings. The topological polar surface area (TPSA) is 106 Å². The quantitative estimate of drug-likeness (QED) is 0.684. The lowest BCUT2D eigenvalue weighted by Gasteiger charge is -2.13. The standard InChI is InChI=1S/C20H19N5O4/c26-18(8-9-25-19(27)16-6-1-2-7-17(16)22-23-25)21-15-5-3-4-14(12-15)13-24-10-11-29-20(24)28/h1-7,12H,8-11,13H2,(H,21,26). The molecule has 0 atom stereocenters. The maximum Gasteiger partial charge on any atom is 0.410 e.